The van der Waals surface area contributed by atoms with Gasteiger partial charge in [-0.25, -0.2) is 18.1 Å². The SMILES string of the molecule is CCNC(=NCc1ccc(S(=O)(=O)NC2CC2)cc1)NCC1(C)CCCS1.I. The molecule has 28 heavy (non-hydrogen) atoms. The van der Waals surface area contributed by atoms with Gasteiger partial charge in [-0.3, -0.25) is 0 Å². The first-order valence-corrected chi connectivity index (χ1v) is 12.1. The number of hydrogen-bond acceptors (Lipinski definition) is 4. The number of rotatable bonds is 8. The van der Waals surface area contributed by atoms with Crippen LogP contribution in [-0.2, 0) is 16.6 Å². The number of sulfonamides is 1. The lowest BCUT2D eigenvalue weighted by molar-refractivity contribution is 0.581. The van der Waals surface area contributed by atoms with Crippen LogP contribution in [0.5, 0.6) is 0 Å². The summed E-state index contributed by atoms with van der Waals surface area (Å²) in [6.07, 6.45) is 4.38. The zero-order chi connectivity index (χ0) is 19.3. The number of nitrogens with zero attached hydrogens (tertiary/aromatic N) is 1. The number of guanidine groups is 1. The number of aliphatic imine (C=N–C) groups is 1. The van der Waals surface area contributed by atoms with E-state index in [9.17, 15) is 8.42 Å². The van der Waals surface area contributed by atoms with Gasteiger partial charge in [0.05, 0.1) is 11.4 Å². The molecule has 9 heteroatoms. The number of benzene rings is 1. The van der Waals surface area contributed by atoms with Crippen LogP contribution in [0, 0.1) is 0 Å². The Bertz CT molecular complexity index is 759. The van der Waals surface area contributed by atoms with Gasteiger partial charge in [-0.05, 0) is 63.0 Å². The smallest absolute Gasteiger partial charge is 0.240 e. The lowest BCUT2D eigenvalue weighted by Crippen LogP contribution is -2.43. The third kappa shape index (κ3) is 7.07. The quantitative estimate of drug-likeness (QED) is 0.269. The molecule has 1 saturated heterocycles. The van der Waals surface area contributed by atoms with Gasteiger partial charge < -0.3 is 10.6 Å². The van der Waals surface area contributed by atoms with Crippen LogP contribution in [0.2, 0.25) is 0 Å². The molecular weight excluding hydrogens is 507 g/mol. The van der Waals surface area contributed by atoms with E-state index >= 15 is 0 Å². The predicted octanol–water partition coefficient (Wildman–Crippen LogP) is 3.09. The van der Waals surface area contributed by atoms with Gasteiger partial charge in [0.25, 0.3) is 0 Å². The largest absolute Gasteiger partial charge is 0.357 e. The van der Waals surface area contributed by atoms with E-state index in [2.05, 4.69) is 34.2 Å². The van der Waals surface area contributed by atoms with Gasteiger partial charge in [-0.15, -0.1) is 24.0 Å². The summed E-state index contributed by atoms with van der Waals surface area (Å²) in [5, 5.41) is 6.73. The zero-order valence-electron chi connectivity index (χ0n) is 16.5. The summed E-state index contributed by atoms with van der Waals surface area (Å²) in [5.41, 5.74) is 0.985. The fraction of sp³-hybridized carbons (Fsp3) is 0.632. The van der Waals surface area contributed by atoms with Crippen LogP contribution < -0.4 is 15.4 Å². The Morgan fingerprint density at radius 1 is 1.25 bits per heavy atom. The molecule has 1 aromatic carbocycles. The second-order valence-corrected chi connectivity index (χ2v) is 10.9. The van der Waals surface area contributed by atoms with Crippen LogP contribution in [0.1, 0.15) is 45.1 Å². The Kier molecular flexibility index (Phi) is 8.90. The number of halogens is 1. The third-order valence-corrected chi connectivity index (χ3v) is 7.90. The summed E-state index contributed by atoms with van der Waals surface area (Å²) in [4.78, 5) is 4.96. The predicted molar refractivity (Wildman–Crippen MR) is 128 cm³/mol. The molecule has 158 valence electrons. The number of hydrogen-bond donors (Lipinski definition) is 3. The van der Waals surface area contributed by atoms with Crippen molar-refractivity contribution in [3.8, 4) is 0 Å². The van der Waals surface area contributed by atoms with Gasteiger partial charge in [0.2, 0.25) is 10.0 Å². The fourth-order valence-corrected chi connectivity index (χ4v) is 5.57. The van der Waals surface area contributed by atoms with Crippen LogP contribution in [0.4, 0.5) is 0 Å². The summed E-state index contributed by atoms with van der Waals surface area (Å²) in [6.45, 7) is 6.56. The molecule has 3 N–H and O–H groups in total. The van der Waals surface area contributed by atoms with E-state index in [1.807, 2.05) is 23.9 Å². The maximum absolute atomic E-state index is 12.2. The fourth-order valence-electron chi connectivity index (χ4n) is 3.02. The maximum Gasteiger partial charge on any atom is 0.240 e. The summed E-state index contributed by atoms with van der Waals surface area (Å²) in [5.74, 6) is 2.04. The normalized spacial score (nSPS) is 22.6. The highest BCUT2D eigenvalue weighted by Gasteiger charge is 2.29. The van der Waals surface area contributed by atoms with E-state index < -0.39 is 10.0 Å². The lowest BCUT2D eigenvalue weighted by atomic mass is 10.1. The van der Waals surface area contributed by atoms with Gasteiger partial charge in [-0.1, -0.05) is 12.1 Å². The van der Waals surface area contributed by atoms with Crippen LogP contribution in [0.3, 0.4) is 0 Å². The average molecular weight is 539 g/mol. The molecule has 1 aromatic rings. The van der Waals surface area contributed by atoms with Gasteiger partial charge in [0.1, 0.15) is 0 Å². The van der Waals surface area contributed by atoms with Crippen molar-refractivity contribution in [3.05, 3.63) is 29.8 Å². The first-order valence-electron chi connectivity index (χ1n) is 9.68. The minimum Gasteiger partial charge on any atom is -0.357 e. The lowest BCUT2D eigenvalue weighted by Gasteiger charge is -2.24. The van der Waals surface area contributed by atoms with Crippen LogP contribution >= 0.6 is 35.7 Å². The molecule has 0 amide bonds. The van der Waals surface area contributed by atoms with Crippen molar-refractivity contribution in [3.63, 3.8) is 0 Å². The molecule has 3 rings (SSSR count). The molecule has 1 atom stereocenters. The molecule has 0 spiro atoms. The first kappa shape index (κ1) is 23.8. The molecule has 0 radical (unpaired) electrons. The molecule has 1 aliphatic carbocycles. The highest BCUT2D eigenvalue weighted by atomic mass is 127. The molecule has 2 aliphatic rings. The summed E-state index contributed by atoms with van der Waals surface area (Å²) in [6, 6.07) is 7.11. The van der Waals surface area contributed by atoms with Crippen LogP contribution in [0.25, 0.3) is 0 Å². The van der Waals surface area contributed by atoms with Gasteiger partial charge in [0.15, 0.2) is 5.96 Å². The van der Waals surface area contributed by atoms with E-state index in [1.54, 1.807) is 12.1 Å². The summed E-state index contributed by atoms with van der Waals surface area (Å²) >= 11 is 2.02. The van der Waals surface area contributed by atoms with Gasteiger partial charge in [-0.2, -0.15) is 11.8 Å². The maximum atomic E-state index is 12.2. The standard InChI is InChI=1S/C19H30N4O2S2.HI/c1-3-20-18(22-14-19(2)11-4-12-26-19)21-13-15-5-9-17(10-6-15)27(24,25)23-16-7-8-16;/h5-6,9-10,16,23H,3-4,7-8,11-14H2,1-2H3,(H2,20,21,22);1H. The van der Waals surface area contributed by atoms with Crippen molar-refractivity contribution < 1.29 is 8.42 Å². The second-order valence-electron chi connectivity index (χ2n) is 7.49. The molecule has 2 fully saturated rings. The minimum atomic E-state index is -3.39. The molecule has 1 saturated carbocycles. The number of thioether (sulfide) groups is 1. The molecule has 1 unspecified atom stereocenters. The molecular formula is C19H31IN4O2S2. The Morgan fingerprint density at radius 3 is 2.54 bits per heavy atom. The summed E-state index contributed by atoms with van der Waals surface area (Å²) < 4.78 is 27.4. The van der Waals surface area contributed by atoms with Crippen molar-refractivity contribution in [1.82, 2.24) is 15.4 Å². The van der Waals surface area contributed by atoms with E-state index in [0.717, 1.165) is 37.5 Å². The van der Waals surface area contributed by atoms with Crippen molar-refractivity contribution >= 4 is 51.7 Å². The zero-order valence-corrected chi connectivity index (χ0v) is 20.5. The molecule has 0 aromatic heterocycles. The van der Waals surface area contributed by atoms with Crippen LogP contribution in [0.15, 0.2) is 34.2 Å². The second kappa shape index (κ2) is 10.5. The van der Waals surface area contributed by atoms with E-state index in [1.165, 1.54) is 18.6 Å². The topological polar surface area (TPSA) is 82.6 Å². The van der Waals surface area contributed by atoms with Gasteiger partial charge >= 0.3 is 0 Å². The minimum absolute atomic E-state index is 0. The monoisotopic (exact) mass is 538 g/mol. The Morgan fingerprint density at radius 2 is 1.96 bits per heavy atom. The van der Waals surface area contributed by atoms with E-state index in [0.29, 0.717) is 11.4 Å². The average Bonchev–Trinajstić information content (AvgIpc) is 3.34. The highest BCUT2D eigenvalue weighted by Crippen LogP contribution is 2.36. The summed E-state index contributed by atoms with van der Waals surface area (Å²) in [7, 11) is -3.39. The first-order chi connectivity index (χ1) is 12.9. The molecule has 6 nitrogen and oxygen atoms in total. The van der Waals surface area contributed by atoms with Gasteiger partial charge in [0, 0.05) is 23.9 Å². The van der Waals surface area contributed by atoms with Crippen molar-refractivity contribution in [2.75, 3.05) is 18.8 Å². The molecule has 1 heterocycles. The van der Waals surface area contributed by atoms with Crippen molar-refractivity contribution in [2.24, 2.45) is 4.99 Å². The van der Waals surface area contributed by atoms with Crippen LogP contribution in [-0.4, -0.2) is 44.0 Å². The van der Waals surface area contributed by atoms with Crippen molar-refractivity contribution in [1.29, 1.82) is 0 Å². The third-order valence-electron chi connectivity index (χ3n) is 4.83. The Labute approximate surface area is 190 Å². The van der Waals surface area contributed by atoms with E-state index in [4.69, 9.17) is 0 Å². The number of nitrogens with one attached hydrogen (secondary N) is 3. The highest BCUT2D eigenvalue weighted by molar-refractivity contribution is 14.0. The molecule has 1 aliphatic heterocycles. The molecule has 0 bridgehead atoms. The Hall–Kier alpha value is -0.520. The van der Waals surface area contributed by atoms with E-state index in [-0.39, 0.29) is 34.8 Å². The van der Waals surface area contributed by atoms with Crippen molar-refractivity contribution in [2.45, 2.75) is 61.8 Å². The Balaban J connectivity index is 0.00000280.